The Morgan fingerprint density at radius 3 is 2.63 bits per heavy atom. The predicted octanol–water partition coefficient (Wildman–Crippen LogP) is 7.34. The lowest BCUT2D eigenvalue weighted by atomic mass is 9.83. The Morgan fingerprint density at radius 2 is 1.85 bits per heavy atom. The van der Waals surface area contributed by atoms with E-state index >= 15 is 0 Å². The van der Waals surface area contributed by atoms with Gasteiger partial charge in [-0.25, -0.2) is 4.99 Å². The summed E-state index contributed by atoms with van der Waals surface area (Å²) < 4.78 is 15.6. The third kappa shape index (κ3) is 5.63. The van der Waals surface area contributed by atoms with E-state index in [9.17, 15) is 14.9 Å². The van der Waals surface area contributed by atoms with Crippen molar-refractivity contribution in [2.75, 3.05) is 7.11 Å². The third-order valence-electron chi connectivity index (χ3n) is 8.14. The molecule has 4 aromatic carbocycles. The zero-order chi connectivity index (χ0) is 31.9. The average Bonchev–Trinajstić information content (AvgIpc) is 3.37. The molecule has 230 valence electrons. The zero-order valence-corrected chi connectivity index (χ0v) is 28.4. The van der Waals surface area contributed by atoms with E-state index < -0.39 is 4.92 Å². The van der Waals surface area contributed by atoms with E-state index in [1.165, 1.54) is 29.0 Å². The van der Waals surface area contributed by atoms with Crippen LogP contribution >= 0.6 is 43.2 Å². The van der Waals surface area contributed by atoms with Gasteiger partial charge in [-0.1, -0.05) is 63.7 Å². The number of rotatable bonds is 7. The quantitative estimate of drug-likeness (QED) is 0.128. The SMILES string of the molecule is COc1cccc([C@@H]2C3=C(N=c4s/c(=C/c5cc(Br)cc(Br)c5OCc5ccc([N+](=O)[O-])cc5)c(=O)n42)c2ccccc2CC3)c1. The maximum atomic E-state index is 14.3. The van der Waals surface area contributed by atoms with E-state index in [-0.39, 0.29) is 23.9 Å². The van der Waals surface area contributed by atoms with Crippen molar-refractivity contribution in [3.05, 3.63) is 157 Å². The summed E-state index contributed by atoms with van der Waals surface area (Å²) in [5.74, 6) is 1.27. The first-order valence-electron chi connectivity index (χ1n) is 14.4. The second-order valence-electron chi connectivity index (χ2n) is 10.9. The Kier molecular flexibility index (Phi) is 8.22. The molecule has 0 fully saturated rings. The van der Waals surface area contributed by atoms with E-state index in [4.69, 9.17) is 14.5 Å². The minimum absolute atomic E-state index is 0.0158. The van der Waals surface area contributed by atoms with Gasteiger partial charge < -0.3 is 9.47 Å². The monoisotopic (exact) mass is 757 g/mol. The van der Waals surface area contributed by atoms with Crippen molar-refractivity contribution in [3.8, 4) is 11.5 Å². The van der Waals surface area contributed by atoms with Crippen LogP contribution in [-0.2, 0) is 13.0 Å². The van der Waals surface area contributed by atoms with Gasteiger partial charge in [-0.15, -0.1) is 0 Å². The smallest absolute Gasteiger partial charge is 0.271 e. The van der Waals surface area contributed by atoms with Crippen molar-refractivity contribution in [3.63, 3.8) is 0 Å². The molecule has 0 amide bonds. The van der Waals surface area contributed by atoms with Crippen LogP contribution in [-0.4, -0.2) is 16.6 Å². The van der Waals surface area contributed by atoms with E-state index in [0.29, 0.717) is 25.1 Å². The van der Waals surface area contributed by atoms with Gasteiger partial charge in [-0.05, 0) is 93.5 Å². The van der Waals surface area contributed by atoms with Gasteiger partial charge in [0.05, 0.1) is 32.8 Å². The number of non-ortho nitro benzene ring substituents is 1. The molecular weight excluding hydrogens is 734 g/mol. The lowest BCUT2D eigenvalue weighted by Gasteiger charge is -2.31. The highest BCUT2D eigenvalue weighted by Crippen LogP contribution is 2.42. The minimum atomic E-state index is -0.433. The molecule has 7 rings (SSSR count). The molecule has 0 saturated heterocycles. The first-order valence-corrected chi connectivity index (χ1v) is 16.8. The van der Waals surface area contributed by atoms with Gasteiger partial charge in [0, 0.05) is 27.7 Å². The van der Waals surface area contributed by atoms with Crippen molar-refractivity contribution in [1.29, 1.82) is 0 Å². The van der Waals surface area contributed by atoms with Crippen molar-refractivity contribution in [2.45, 2.75) is 25.5 Å². The summed E-state index contributed by atoms with van der Waals surface area (Å²) in [5, 5.41) is 11.1. The third-order valence-corrected chi connectivity index (χ3v) is 10.2. The molecule has 2 aliphatic rings. The molecule has 46 heavy (non-hydrogen) atoms. The number of methoxy groups -OCH3 is 1. The van der Waals surface area contributed by atoms with Crippen LogP contribution < -0.4 is 24.4 Å². The molecule has 0 saturated carbocycles. The number of nitro benzene ring substituents is 1. The Labute approximate surface area is 284 Å². The fraction of sp³-hybridized carbons (Fsp3) is 0.143. The number of nitrogens with zero attached hydrogens (tertiary/aromatic N) is 3. The van der Waals surface area contributed by atoms with Crippen LogP contribution in [0, 0.1) is 10.1 Å². The summed E-state index contributed by atoms with van der Waals surface area (Å²) >= 11 is 8.55. The minimum Gasteiger partial charge on any atom is -0.497 e. The maximum absolute atomic E-state index is 14.3. The van der Waals surface area contributed by atoms with Gasteiger partial charge in [-0.3, -0.25) is 19.5 Å². The number of nitro groups is 1. The van der Waals surface area contributed by atoms with Crippen LogP contribution in [0.15, 0.2) is 109 Å². The van der Waals surface area contributed by atoms with Crippen molar-refractivity contribution in [2.24, 2.45) is 4.99 Å². The van der Waals surface area contributed by atoms with E-state index in [1.807, 2.05) is 53.1 Å². The first kappa shape index (κ1) is 30.3. The molecule has 0 bridgehead atoms. The molecule has 1 aliphatic carbocycles. The van der Waals surface area contributed by atoms with Gasteiger partial charge in [-0.2, -0.15) is 0 Å². The van der Waals surface area contributed by atoms with Gasteiger partial charge in [0.2, 0.25) is 0 Å². The molecule has 1 aromatic heterocycles. The Bertz CT molecular complexity index is 2240. The van der Waals surface area contributed by atoms with Gasteiger partial charge in [0.25, 0.3) is 11.2 Å². The highest BCUT2D eigenvalue weighted by atomic mass is 79.9. The fourth-order valence-corrected chi connectivity index (χ4v) is 8.35. The number of halogens is 2. The number of ether oxygens (including phenoxy) is 2. The summed E-state index contributed by atoms with van der Waals surface area (Å²) in [6.45, 7) is 0.183. The molecule has 8 nitrogen and oxygen atoms in total. The molecule has 0 spiro atoms. The van der Waals surface area contributed by atoms with E-state index in [1.54, 1.807) is 19.2 Å². The van der Waals surface area contributed by atoms with Crippen LogP contribution in [0.4, 0.5) is 5.69 Å². The fourth-order valence-electron chi connectivity index (χ4n) is 5.98. The van der Waals surface area contributed by atoms with E-state index in [2.05, 4.69) is 50.1 Å². The number of hydrogen-bond donors (Lipinski definition) is 0. The average molecular weight is 759 g/mol. The van der Waals surface area contributed by atoms with Gasteiger partial charge in [0.1, 0.15) is 18.1 Å². The van der Waals surface area contributed by atoms with Crippen LogP contribution in [0.2, 0.25) is 0 Å². The second-order valence-corrected chi connectivity index (χ2v) is 13.7. The largest absolute Gasteiger partial charge is 0.497 e. The number of benzene rings is 4. The molecule has 1 aliphatic heterocycles. The van der Waals surface area contributed by atoms with Crippen LogP contribution in [0.25, 0.3) is 11.8 Å². The summed E-state index contributed by atoms with van der Waals surface area (Å²) in [6, 6.07) is 25.9. The summed E-state index contributed by atoms with van der Waals surface area (Å²) in [6.07, 6.45) is 3.50. The van der Waals surface area contributed by atoms with Crippen molar-refractivity contribution >= 4 is 60.7 Å². The van der Waals surface area contributed by atoms with E-state index in [0.717, 1.165) is 51.0 Å². The molecule has 0 unspecified atom stereocenters. The maximum Gasteiger partial charge on any atom is 0.271 e. The van der Waals surface area contributed by atoms with Crippen molar-refractivity contribution < 1.29 is 14.4 Å². The molecule has 2 heterocycles. The summed E-state index contributed by atoms with van der Waals surface area (Å²) in [5.41, 5.74) is 6.71. The molecule has 0 N–H and O–H groups in total. The second kappa shape index (κ2) is 12.5. The van der Waals surface area contributed by atoms with Crippen molar-refractivity contribution in [1.82, 2.24) is 4.57 Å². The molecule has 5 aromatic rings. The Hall–Kier alpha value is -4.32. The lowest BCUT2D eigenvalue weighted by molar-refractivity contribution is -0.384. The van der Waals surface area contributed by atoms with Crippen LogP contribution in [0.5, 0.6) is 11.5 Å². The topological polar surface area (TPSA) is 96.0 Å². The van der Waals surface area contributed by atoms with Crippen LogP contribution in [0.1, 0.15) is 40.3 Å². The Morgan fingerprint density at radius 1 is 1.04 bits per heavy atom. The summed E-state index contributed by atoms with van der Waals surface area (Å²) in [7, 11) is 1.64. The molecule has 11 heteroatoms. The number of allylic oxidation sites excluding steroid dienone is 1. The normalized spacial score (nSPS) is 15.5. The number of aromatic nitrogens is 1. The highest BCUT2D eigenvalue weighted by molar-refractivity contribution is 9.11. The molecular formula is C35H25Br2N3O5S. The zero-order valence-electron chi connectivity index (χ0n) is 24.4. The van der Waals surface area contributed by atoms with Crippen LogP contribution in [0.3, 0.4) is 0 Å². The number of hydrogen-bond acceptors (Lipinski definition) is 7. The highest BCUT2D eigenvalue weighted by Gasteiger charge is 2.32. The molecule has 0 radical (unpaired) electrons. The van der Waals surface area contributed by atoms with Gasteiger partial charge in [0.15, 0.2) is 4.80 Å². The standard InChI is InChI=1S/C35H25Br2N3O5S/c1-44-26-7-4-6-22(16-26)32-28-14-11-21-5-2-3-8-27(21)31(28)38-35-39(32)34(41)30(46-35)17-23-15-24(36)18-29(37)33(23)45-19-20-9-12-25(13-10-20)40(42)43/h2-10,12-13,15-18,32H,11,14,19H2,1H3/b30-17+/t32-/m1/s1. The number of thiazole rings is 1. The summed E-state index contributed by atoms with van der Waals surface area (Å²) in [4.78, 5) is 30.7. The number of fused-ring (bicyclic) bond motifs is 3. The predicted molar refractivity (Wildman–Crippen MR) is 185 cm³/mol. The Balaban J connectivity index is 1.36. The number of aryl methyl sites for hydroxylation is 1. The lowest BCUT2D eigenvalue weighted by Crippen LogP contribution is -2.38. The molecule has 1 atom stereocenters. The first-order chi connectivity index (χ1) is 22.3. The van der Waals surface area contributed by atoms with Gasteiger partial charge >= 0.3 is 0 Å².